The standard InChI is InChI=1S/C9H13BrF3N3/c1-6-8(10)7(16(2)15-6)5-14-4-3-9(11,12)13/h14H,3-5H2,1-2H3. The molecular formula is C9H13BrF3N3. The van der Waals surface area contributed by atoms with Crippen molar-refractivity contribution < 1.29 is 13.2 Å². The second-order valence-electron chi connectivity index (χ2n) is 3.51. The van der Waals surface area contributed by atoms with Crippen LogP contribution in [0.1, 0.15) is 17.8 Å². The van der Waals surface area contributed by atoms with Crippen molar-refractivity contribution in [2.24, 2.45) is 7.05 Å². The molecule has 16 heavy (non-hydrogen) atoms. The fourth-order valence-corrected chi connectivity index (χ4v) is 1.79. The molecule has 0 radical (unpaired) electrons. The van der Waals surface area contributed by atoms with Gasteiger partial charge in [0.05, 0.1) is 22.3 Å². The lowest BCUT2D eigenvalue weighted by Crippen LogP contribution is -2.22. The van der Waals surface area contributed by atoms with E-state index in [0.29, 0.717) is 6.54 Å². The van der Waals surface area contributed by atoms with Crippen LogP contribution in [-0.4, -0.2) is 22.5 Å². The van der Waals surface area contributed by atoms with Crippen LogP contribution in [0.5, 0.6) is 0 Å². The Kier molecular flexibility index (Phi) is 4.37. The normalized spacial score (nSPS) is 12.1. The number of aryl methyl sites for hydroxylation is 2. The van der Waals surface area contributed by atoms with Gasteiger partial charge >= 0.3 is 6.18 Å². The van der Waals surface area contributed by atoms with Gasteiger partial charge in [-0.1, -0.05) is 0 Å². The van der Waals surface area contributed by atoms with E-state index in [-0.39, 0.29) is 6.54 Å². The number of hydrogen-bond donors (Lipinski definition) is 1. The zero-order valence-corrected chi connectivity index (χ0v) is 10.6. The highest BCUT2D eigenvalue weighted by atomic mass is 79.9. The monoisotopic (exact) mass is 299 g/mol. The van der Waals surface area contributed by atoms with Gasteiger partial charge in [0.25, 0.3) is 0 Å². The van der Waals surface area contributed by atoms with Gasteiger partial charge in [0.15, 0.2) is 0 Å². The molecule has 7 heteroatoms. The van der Waals surface area contributed by atoms with Crippen LogP contribution in [0.25, 0.3) is 0 Å². The predicted molar refractivity (Wildman–Crippen MR) is 58.0 cm³/mol. The van der Waals surface area contributed by atoms with Crippen molar-refractivity contribution in [3.63, 3.8) is 0 Å². The van der Waals surface area contributed by atoms with Gasteiger partial charge in [0, 0.05) is 20.1 Å². The van der Waals surface area contributed by atoms with Gasteiger partial charge in [0.1, 0.15) is 0 Å². The van der Waals surface area contributed by atoms with E-state index in [1.54, 1.807) is 11.7 Å². The highest BCUT2D eigenvalue weighted by Gasteiger charge is 2.26. The topological polar surface area (TPSA) is 29.9 Å². The predicted octanol–water partition coefficient (Wildman–Crippen LogP) is 2.53. The molecule has 0 fully saturated rings. The molecule has 0 amide bonds. The van der Waals surface area contributed by atoms with E-state index in [4.69, 9.17) is 0 Å². The Balaban J connectivity index is 2.43. The summed E-state index contributed by atoms with van der Waals surface area (Å²) in [4.78, 5) is 0. The number of hydrogen-bond acceptors (Lipinski definition) is 2. The Morgan fingerprint density at radius 3 is 2.50 bits per heavy atom. The molecule has 1 heterocycles. The molecule has 0 atom stereocenters. The molecule has 0 aromatic carbocycles. The minimum absolute atomic E-state index is 0.0832. The second kappa shape index (κ2) is 5.18. The summed E-state index contributed by atoms with van der Waals surface area (Å²) in [7, 11) is 1.76. The highest BCUT2D eigenvalue weighted by molar-refractivity contribution is 9.10. The average molecular weight is 300 g/mol. The van der Waals surface area contributed by atoms with E-state index in [1.807, 2.05) is 6.92 Å². The van der Waals surface area contributed by atoms with E-state index >= 15 is 0 Å². The number of halogens is 4. The first kappa shape index (κ1) is 13.5. The number of nitrogens with one attached hydrogen (secondary N) is 1. The van der Waals surface area contributed by atoms with Crippen LogP contribution in [0.2, 0.25) is 0 Å². The molecule has 0 aliphatic carbocycles. The van der Waals surface area contributed by atoms with Crippen LogP contribution in [-0.2, 0) is 13.6 Å². The van der Waals surface area contributed by atoms with E-state index in [1.165, 1.54) is 0 Å². The maximum Gasteiger partial charge on any atom is 0.390 e. The minimum Gasteiger partial charge on any atom is -0.311 e. The lowest BCUT2D eigenvalue weighted by Gasteiger charge is -2.08. The van der Waals surface area contributed by atoms with Crippen molar-refractivity contribution in [3.8, 4) is 0 Å². The van der Waals surface area contributed by atoms with Gasteiger partial charge in [-0.25, -0.2) is 0 Å². The molecule has 1 aromatic rings. The van der Waals surface area contributed by atoms with Crippen molar-refractivity contribution in [3.05, 3.63) is 15.9 Å². The summed E-state index contributed by atoms with van der Waals surface area (Å²) in [6.07, 6.45) is -4.92. The Labute approximate surface area is 100 Å². The Morgan fingerprint density at radius 1 is 1.44 bits per heavy atom. The molecule has 1 rings (SSSR count). The Bertz CT molecular complexity index is 360. The molecule has 0 saturated heterocycles. The average Bonchev–Trinajstić information content (AvgIpc) is 2.36. The molecule has 92 valence electrons. The quantitative estimate of drug-likeness (QED) is 0.866. The molecule has 1 N–H and O–H groups in total. The summed E-state index contributed by atoms with van der Waals surface area (Å²) in [5.74, 6) is 0. The maximum absolute atomic E-state index is 11.9. The molecular weight excluding hydrogens is 287 g/mol. The third kappa shape index (κ3) is 3.79. The highest BCUT2D eigenvalue weighted by Crippen LogP contribution is 2.21. The fourth-order valence-electron chi connectivity index (χ4n) is 1.31. The Morgan fingerprint density at radius 2 is 2.06 bits per heavy atom. The first-order chi connectivity index (χ1) is 7.31. The van der Waals surface area contributed by atoms with Gasteiger partial charge < -0.3 is 5.32 Å². The Hall–Kier alpha value is -0.560. The fraction of sp³-hybridized carbons (Fsp3) is 0.667. The van der Waals surface area contributed by atoms with Crippen molar-refractivity contribution in [1.29, 1.82) is 0 Å². The molecule has 1 aromatic heterocycles. The van der Waals surface area contributed by atoms with Crippen LogP contribution >= 0.6 is 15.9 Å². The number of nitrogens with zero attached hydrogens (tertiary/aromatic N) is 2. The smallest absolute Gasteiger partial charge is 0.311 e. The molecule has 0 aliphatic rings. The molecule has 0 saturated carbocycles. The van der Waals surface area contributed by atoms with Crippen molar-refractivity contribution in [2.75, 3.05) is 6.54 Å². The van der Waals surface area contributed by atoms with Crippen LogP contribution in [0.3, 0.4) is 0 Å². The number of rotatable bonds is 4. The zero-order valence-electron chi connectivity index (χ0n) is 9.03. The largest absolute Gasteiger partial charge is 0.390 e. The summed E-state index contributed by atoms with van der Waals surface area (Å²) in [6.45, 7) is 2.12. The molecule has 0 spiro atoms. The van der Waals surface area contributed by atoms with E-state index in [2.05, 4.69) is 26.3 Å². The van der Waals surface area contributed by atoms with Crippen LogP contribution < -0.4 is 5.32 Å². The number of aromatic nitrogens is 2. The first-order valence-electron chi connectivity index (χ1n) is 4.76. The van der Waals surface area contributed by atoms with Crippen LogP contribution in [0.4, 0.5) is 13.2 Å². The minimum atomic E-state index is -4.10. The first-order valence-corrected chi connectivity index (χ1v) is 5.56. The van der Waals surface area contributed by atoms with Gasteiger partial charge in [-0.05, 0) is 22.9 Å². The van der Waals surface area contributed by atoms with Crippen molar-refractivity contribution in [2.45, 2.75) is 26.1 Å². The van der Waals surface area contributed by atoms with Gasteiger partial charge in [-0.2, -0.15) is 18.3 Å². The lowest BCUT2D eigenvalue weighted by atomic mass is 10.3. The summed E-state index contributed by atoms with van der Waals surface area (Å²) >= 11 is 3.35. The third-order valence-electron chi connectivity index (χ3n) is 2.14. The molecule has 0 bridgehead atoms. The van der Waals surface area contributed by atoms with Crippen molar-refractivity contribution >= 4 is 15.9 Å². The molecule has 0 unspecified atom stereocenters. The van der Waals surface area contributed by atoms with E-state index < -0.39 is 12.6 Å². The van der Waals surface area contributed by atoms with Gasteiger partial charge in [-0.15, -0.1) is 0 Å². The summed E-state index contributed by atoms with van der Waals surface area (Å²) in [5.41, 5.74) is 1.68. The second-order valence-corrected chi connectivity index (χ2v) is 4.30. The summed E-state index contributed by atoms with van der Waals surface area (Å²) < 4.78 is 38.1. The van der Waals surface area contributed by atoms with Gasteiger partial charge in [-0.3, -0.25) is 4.68 Å². The summed E-state index contributed by atoms with van der Waals surface area (Å²) in [5, 5.41) is 6.89. The van der Waals surface area contributed by atoms with Crippen LogP contribution in [0, 0.1) is 6.92 Å². The SMILES string of the molecule is Cc1nn(C)c(CNCCC(F)(F)F)c1Br. The molecule has 0 aliphatic heterocycles. The van der Waals surface area contributed by atoms with E-state index in [9.17, 15) is 13.2 Å². The molecule has 3 nitrogen and oxygen atoms in total. The summed E-state index contributed by atoms with van der Waals surface area (Å²) in [6, 6.07) is 0. The van der Waals surface area contributed by atoms with Crippen molar-refractivity contribution in [1.82, 2.24) is 15.1 Å². The third-order valence-corrected chi connectivity index (χ3v) is 3.17. The van der Waals surface area contributed by atoms with Gasteiger partial charge in [0.2, 0.25) is 0 Å². The zero-order chi connectivity index (χ0) is 12.3. The number of alkyl halides is 3. The van der Waals surface area contributed by atoms with Crippen LogP contribution in [0.15, 0.2) is 4.47 Å². The maximum atomic E-state index is 11.9. The van der Waals surface area contributed by atoms with E-state index in [0.717, 1.165) is 15.9 Å². The lowest BCUT2D eigenvalue weighted by molar-refractivity contribution is -0.133.